The van der Waals surface area contributed by atoms with Crippen molar-refractivity contribution >= 4 is 22.2 Å². The molecule has 0 fully saturated rings. The van der Waals surface area contributed by atoms with Gasteiger partial charge in [0.1, 0.15) is 0 Å². The molecule has 1 heterocycles. The van der Waals surface area contributed by atoms with Crippen molar-refractivity contribution in [1.29, 1.82) is 0 Å². The predicted molar refractivity (Wildman–Crippen MR) is 61.8 cm³/mol. The molecule has 0 spiro atoms. The molecule has 0 bridgehead atoms. The van der Waals surface area contributed by atoms with Crippen molar-refractivity contribution in [2.45, 2.75) is 24.4 Å². The third-order valence-corrected chi connectivity index (χ3v) is 3.01. The molecule has 4 nitrogen and oxygen atoms in total. The van der Waals surface area contributed by atoms with Gasteiger partial charge in [-0.15, -0.1) is 12.4 Å². The molecule has 0 aliphatic rings. The van der Waals surface area contributed by atoms with Gasteiger partial charge in [0.2, 0.25) is 0 Å². The molecule has 1 atom stereocenters. The number of nitrogens with zero attached hydrogens (tertiary/aromatic N) is 1. The summed E-state index contributed by atoms with van der Waals surface area (Å²) < 4.78 is 22.2. The van der Waals surface area contributed by atoms with Crippen molar-refractivity contribution in [2.24, 2.45) is 5.73 Å². The van der Waals surface area contributed by atoms with Gasteiger partial charge in [-0.2, -0.15) is 0 Å². The average Bonchev–Trinajstić information content (AvgIpc) is 2.15. The Hall–Kier alpha value is -0.650. The Labute approximate surface area is 96.2 Å². The Balaban J connectivity index is 0.00000196. The molecule has 6 heteroatoms. The zero-order valence-corrected chi connectivity index (χ0v) is 10.3. The Bertz CT molecular complexity index is 403. The van der Waals surface area contributed by atoms with E-state index in [2.05, 4.69) is 4.98 Å². The molecular weight excluding hydrogens is 236 g/mol. The summed E-state index contributed by atoms with van der Waals surface area (Å²) in [5.74, 6) is 0. The standard InChI is InChI=1S/C9H14N2O2S.ClH/c1-3-8(10)7-4-5-9(11-6-7)14(2,12)13;/h4-6,8H,3,10H2,1-2H3;1H. The van der Waals surface area contributed by atoms with Gasteiger partial charge >= 0.3 is 0 Å². The molecule has 0 radical (unpaired) electrons. The number of hydrogen-bond donors (Lipinski definition) is 1. The van der Waals surface area contributed by atoms with E-state index >= 15 is 0 Å². The van der Waals surface area contributed by atoms with Crippen molar-refractivity contribution in [3.8, 4) is 0 Å². The molecule has 1 aromatic heterocycles. The smallest absolute Gasteiger partial charge is 0.192 e. The highest BCUT2D eigenvalue weighted by Gasteiger charge is 2.09. The fraction of sp³-hybridized carbons (Fsp3) is 0.444. The van der Waals surface area contributed by atoms with Gasteiger partial charge in [0.15, 0.2) is 14.9 Å². The van der Waals surface area contributed by atoms with E-state index in [1.165, 1.54) is 12.3 Å². The van der Waals surface area contributed by atoms with Gasteiger partial charge in [-0.05, 0) is 18.1 Å². The van der Waals surface area contributed by atoms with Crippen LogP contribution in [0.15, 0.2) is 23.4 Å². The van der Waals surface area contributed by atoms with E-state index in [1.807, 2.05) is 6.92 Å². The van der Waals surface area contributed by atoms with E-state index < -0.39 is 9.84 Å². The summed E-state index contributed by atoms with van der Waals surface area (Å²) in [5.41, 5.74) is 6.62. The lowest BCUT2D eigenvalue weighted by Crippen LogP contribution is -2.10. The van der Waals surface area contributed by atoms with Gasteiger partial charge in [-0.3, -0.25) is 0 Å². The van der Waals surface area contributed by atoms with E-state index in [4.69, 9.17) is 5.73 Å². The maximum atomic E-state index is 11.1. The number of hydrogen-bond acceptors (Lipinski definition) is 4. The highest BCUT2D eigenvalue weighted by molar-refractivity contribution is 7.90. The SMILES string of the molecule is CCC(N)c1ccc(S(C)(=O)=O)nc1.Cl. The predicted octanol–water partition coefficient (Wildman–Crippen LogP) is 1.32. The van der Waals surface area contributed by atoms with Gasteiger partial charge in [0.25, 0.3) is 0 Å². The van der Waals surface area contributed by atoms with Crippen LogP contribution in [0.5, 0.6) is 0 Å². The van der Waals surface area contributed by atoms with Crippen LogP contribution >= 0.6 is 12.4 Å². The van der Waals surface area contributed by atoms with Crippen molar-refractivity contribution in [1.82, 2.24) is 4.98 Å². The Morgan fingerprint density at radius 1 is 1.47 bits per heavy atom. The summed E-state index contributed by atoms with van der Waals surface area (Å²) in [7, 11) is -3.20. The maximum Gasteiger partial charge on any atom is 0.192 e. The van der Waals surface area contributed by atoms with Crippen molar-refractivity contribution in [3.05, 3.63) is 23.9 Å². The molecule has 0 aromatic carbocycles. The lowest BCUT2D eigenvalue weighted by atomic mass is 10.1. The van der Waals surface area contributed by atoms with Crippen LogP contribution in [-0.2, 0) is 9.84 Å². The van der Waals surface area contributed by atoms with Crippen molar-refractivity contribution in [2.75, 3.05) is 6.26 Å². The second-order valence-corrected chi connectivity index (χ2v) is 5.18. The highest BCUT2D eigenvalue weighted by atomic mass is 35.5. The van der Waals surface area contributed by atoms with Crippen LogP contribution in [0.4, 0.5) is 0 Å². The number of sulfone groups is 1. The van der Waals surface area contributed by atoms with Gasteiger partial charge in [0.05, 0.1) is 0 Å². The summed E-state index contributed by atoms with van der Waals surface area (Å²) in [6.45, 7) is 1.97. The van der Waals surface area contributed by atoms with Gasteiger partial charge in [-0.1, -0.05) is 13.0 Å². The third kappa shape index (κ3) is 3.77. The zero-order valence-electron chi connectivity index (χ0n) is 8.67. The summed E-state index contributed by atoms with van der Waals surface area (Å²) >= 11 is 0. The van der Waals surface area contributed by atoms with E-state index in [9.17, 15) is 8.42 Å². The van der Waals surface area contributed by atoms with Gasteiger partial charge in [0, 0.05) is 18.5 Å². The molecule has 0 aliphatic carbocycles. The Kier molecular flexibility index (Phi) is 5.20. The summed E-state index contributed by atoms with van der Waals surface area (Å²) in [6, 6.07) is 3.12. The Morgan fingerprint density at radius 3 is 2.40 bits per heavy atom. The molecule has 1 unspecified atom stereocenters. The van der Waals surface area contributed by atoms with Crippen molar-refractivity contribution < 1.29 is 8.42 Å². The number of halogens is 1. The lowest BCUT2D eigenvalue weighted by molar-refractivity contribution is 0.597. The number of aromatic nitrogens is 1. The lowest BCUT2D eigenvalue weighted by Gasteiger charge is -2.08. The minimum absolute atomic E-state index is 0. The molecule has 0 saturated heterocycles. The van der Waals surface area contributed by atoms with E-state index in [0.29, 0.717) is 0 Å². The van der Waals surface area contributed by atoms with Crippen LogP contribution in [0.25, 0.3) is 0 Å². The van der Waals surface area contributed by atoms with Crippen LogP contribution in [0, 0.1) is 0 Å². The minimum Gasteiger partial charge on any atom is -0.324 e. The first-order valence-electron chi connectivity index (χ1n) is 4.36. The molecule has 0 amide bonds. The quantitative estimate of drug-likeness (QED) is 0.878. The molecular formula is C9H15ClN2O2S. The number of rotatable bonds is 3. The van der Waals surface area contributed by atoms with Crippen molar-refractivity contribution in [3.63, 3.8) is 0 Å². The summed E-state index contributed by atoms with van der Waals surface area (Å²) in [4.78, 5) is 3.85. The van der Waals surface area contributed by atoms with E-state index in [0.717, 1.165) is 18.2 Å². The van der Waals surface area contributed by atoms with Crippen LogP contribution in [0.2, 0.25) is 0 Å². The first kappa shape index (κ1) is 14.3. The normalized spacial score (nSPS) is 13.0. The zero-order chi connectivity index (χ0) is 10.8. The average molecular weight is 251 g/mol. The first-order chi connectivity index (χ1) is 6.45. The minimum atomic E-state index is -3.20. The summed E-state index contributed by atoms with van der Waals surface area (Å²) in [5, 5.41) is 0.0875. The first-order valence-corrected chi connectivity index (χ1v) is 6.26. The largest absolute Gasteiger partial charge is 0.324 e. The second-order valence-electron chi connectivity index (χ2n) is 3.22. The number of nitrogens with two attached hydrogens (primary N) is 1. The molecule has 0 aliphatic heterocycles. The number of pyridine rings is 1. The molecule has 0 saturated carbocycles. The van der Waals surface area contributed by atoms with Gasteiger partial charge in [-0.25, -0.2) is 13.4 Å². The van der Waals surface area contributed by atoms with Gasteiger partial charge < -0.3 is 5.73 Å². The monoisotopic (exact) mass is 250 g/mol. The molecule has 86 valence electrons. The maximum absolute atomic E-state index is 11.1. The molecule has 1 aromatic rings. The van der Waals surface area contributed by atoms with Crippen LogP contribution in [-0.4, -0.2) is 19.7 Å². The van der Waals surface area contributed by atoms with Crippen LogP contribution < -0.4 is 5.73 Å². The van der Waals surface area contributed by atoms with E-state index in [-0.39, 0.29) is 23.5 Å². The van der Waals surface area contributed by atoms with Crippen LogP contribution in [0.3, 0.4) is 0 Å². The fourth-order valence-electron chi connectivity index (χ4n) is 1.07. The third-order valence-electron chi connectivity index (χ3n) is 2.01. The molecule has 15 heavy (non-hydrogen) atoms. The summed E-state index contributed by atoms with van der Waals surface area (Å²) in [6.07, 6.45) is 3.46. The fourth-order valence-corrected chi connectivity index (χ4v) is 1.63. The molecule has 2 N–H and O–H groups in total. The Morgan fingerprint density at radius 2 is 2.07 bits per heavy atom. The topological polar surface area (TPSA) is 73.1 Å². The second kappa shape index (κ2) is 5.44. The molecule has 1 rings (SSSR count). The highest BCUT2D eigenvalue weighted by Crippen LogP contribution is 2.14. The van der Waals surface area contributed by atoms with E-state index in [1.54, 1.807) is 6.07 Å². The van der Waals surface area contributed by atoms with Crippen LogP contribution in [0.1, 0.15) is 24.9 Å².